The minimum absolute atomic E-state index is 0.0790. The largest absolute Gasteiger partial charge is 0.486 e. The lowest BCUT2D eigenvalue weighted by atomic mass is 10.2. The van der Waals surface area contributed by atoms with E-state index in [0.717, 1.165) is 0 Å². The molecule has 0 radical (unpaired) electrons. The van der Waals surface area contributed by atoms with E-state index in [2.05, 4.69) is 10.0 Å². The van der Waals surface area contributed by atoms with E-state index in [1.54, 1.807) is 60.7 Å². The topological polar surface area (TPSA) is 93.7 Å². The summed E-state index contributed by atoms with van der Waals surface area (Å²) in [4.78, 5) is 12.3. The molecule has 1 aliphatic heterocycles. The Morgan fingerprint density at radius 3 is 2.41 bits per heavy atom. The minimum atomic E-state index is -3.79. The third-order valence-electron chi connectivity index (χ3n) is 4.55. The van der Waals surface area contributed by atoms with E-state index < -0.39 is 10.0 Å². The Morgan fingerprint density at radius 1 is 0.938 bits per heavy atom. The first-order valence-electron chi connectivity index (χ1n) is 9.67. The molecule has 0 aliphatic carbocycles. The van der Waals surface area contributed by atoms with Crippen LogP contribution in [-0.4, -0.2) is 27.5 Å². The normalized spacial score (nSPS) is 13.0. The van der Waals surface area contributed by atoms with E-state index in [9.17, 15) is 13.2 Å². The molecule has 32 heavy (non-hydrogen) atoms. The average molecular weight is 471 g/mol. The number of nitrogens with one attached hydrogen (secondary N) is 2. The van der Waals surface area contributed by atoms with Gasteiger partial charge in [0.15, 0.2) is 11.5 Å². The lowest BCUT2D eigenvalue weighted by molar-refractivity contribution is -0.111. The van der Waals surface area contributed by atoms with Crippen LogP contribution in [0.3, 0.4) is 0 Å². The second kappa shape index (κ2) is 9.33. The van der Waals surface area contributed by atoms with Gasteiger partial charge >= 0.3 is 0 Å². The lowest BCUT2D eigenvalue weighted by Gasteiger charge is -2.18. The van der Waals surface area contributed by atoms with Gasteiger partial charge in [0.1, 0.15) is 13.2 Å². The molecule has 9 heteroatoms. The molecule has 0 atom stereocenters. The van der Waals surface area contributed by atoms with Crippen LogP contribution in [0.1, 0.15) is 5.56 Å². The van der Waals surface area contributed by atoms with Crippen molar-refractivity contribution >= 4 is 45.0 Å². The molecule has 1 amide bonds. The Balaban J connectivity index is 1.39. The number of hydrogen-bond donors (Lipinski definition) is 2. The Labute approximate surface area is 190 Å². The van der Waals surface area contributed by atoms with Crippen molar-refractivity contribution in [1.82, 2.24) is 0 Å². The summed E-state index contributed by atoms with van der Waals surface area (Å²) in [6.45, 7) is 0.960. The molecular formula is C23H19ClN2O5S. The SMILES string of the molecule is O=C(/C=C/c1ccc(S(=O)(=O)Nc2ccccc2Cl)cc1)Nc1ccc2c(c1)OCCO2. The van der Waals surface area contributed by atoms with Crippen LogP contribution in [0, 0.1) is 0 Å². The molecule has 0 fully saturated rings. The molecule has 0 unspecified atom stereocenters. The maximum Gasteiger partial charge on any atom is 0.261 e. The van der Waals surface area contributed by atoms with E-state index >= 15 is 0 Å². The van der Waals surface area contributed by atoms with Gasteiger partial charge in [0, 0.05) is 17.8 Å². The quantitative estimate of drug-likeness (QED) is 0.515. The zero-order chi connectivity index (χ0) is 22.6. The van der Waals surface area contributed by atoms with Gasteiger partial charge in [-0.05, 0) is 48.0 Å². The molecule has 0 bridgehead atoms. The zero-order valence-electron chi connectivity index (χ0n) is 16.7. The number of sulfonamides is 1. The van der Waals surface area contributed by atoms with Crippen molar-refractivity contribution in [3.05, 3.63) is 83.4 Å². The number of hydrogen-bond acceptors (Lipinski definition) is 5. The summed E-state index contributed by atoms with van der Waals surface area (Å²) in [6, 6.07) is 17.9. The summed E-state index contributed by atoms with van der Waals surface area (Å²) in [5.74, 6) is 0.892. The van der Waals surface area contributed by atoms with Gasteiger partial charge in [0.05, 0.1) is 15.6 Å². The van der Waals surface area contributed by atoms with Gasteiger partial charge in [0.2, 0.25) is 5.91 Å². The fraction of sp³-hybridized carbons (Fsp3) is 0.0870. The summed E-state index contributed by atoms with van der Waals surface area (Å²) >= 11 is 6.02. The molecule has 3 aromatic rings. The molecule has 0 spiro atoms. The van der Waals surface area contributed by atoms with Gasteiger partial charge in [-0.1, -0.05) is 35.9 Å². The Bertz CT molecular complexity index is 1270. The smallest absolute Gasteiger partial charge is 0.261 e. The summed E-state index contributed by atoms with van der Waals surface area (Å²) in [5.41, 5.74) is 1.55. The molecule has 7 nitrogen and oxygen atoms in total. The second-order valence-electron chi connectivity index (χ2n) is 6.84. The fourth-order valence-corrected chi connectivity index (χ4v) is 4.30. The molecule has 1 heterocycles. The van der Waals surface area contributed by atoms with E-state index in [4.69, 9.17) is 21.1 Å². The number of carbonyl (C=O) groups is 1. The number of carbonyl (C=O) groups excluding carboxylic acids is 1. The molecule has 1 aliphatic rings. The number of amides is 1. The van der Waals surface area contributed by atoms with Crippen LogP contribution in [0.4, 0.5) is 11.4 Å². The summed E-state index contributed by atoms with van der Waals surface area (Å²) in [6.07, 6.45) is 2.95. The van der Waals surface area contributed by atoms with Crippen molar-refractivity contribution in [2.75, 3.05) is 23.3 Å². The van der Waals surface area contributed by atoms with Crippen LogP contribution in [0.5, 0.6) is 11.5 Å². The highest BCUT2D eigenvalue weighted by molar-refractivity contribution is 7.92. The van der Waals surface area contributed by atoms with E-state index in [1.165, 1.54) is 18.2 Å². The van der Waals surface area contributed by atoms with Crippen LogP contribution >= 0.6 is 11.6 Å². The Kier molecular flexibility index (Phi) is 6.34. The molecule has 0 aromatic heterocycles. The van der Waals surface area contributed by atoms with Crippen LogP contribution in [0.2, 0.25) is 5.02 Å². The standard InChI is InChI=1S/C23H19ClN2O5S/c24-19-3-1-2-4-20(19)26-32(28,29)18-9-5-16(6-10-18)7-12-23(27)25-17-8-11-21-22(15-17)31-14-13-30-21/h1-12,15,26H,13-14H2,(H,25,27)/b12-7+. The molecular weight excluding hydrogens is 452 g/mol. The average Bonchev–Trinajstić information content (AvgIpc) is 2.79. The summed E-state index contributed by atoms with van der Waals surface area (Å²) in [7, 11) is -3.79. The van der Waals surface area contributed by atoms with Crippen LogP contribution < -0.4 is 19.5 Å². The number of para-hydroxylation sites is 1. The number of fused-ring (bicyclic) bond motifs is 1. The molecule has 0 saturated carbocycles. The van der Waals surface area contributed by atoms with Crippen molar-refractivity contribution in [2.24, 2.45) is 0 Å². The second-order valence-corrected chi connectivity index (χ2v) is 8.93. The molecule has 164 valence electrons. The first-order chi connectivity index (χ1) is 15.4. The van der Waals surface area contributed by atoms with Crippen molar-refractivity contribution < 1.29 is 22.7 Å². The first-order valence-corrected chi connectivity index (χ1v) is 11.5. The number of rotatable bonds is 6. The molecule has 3 aromatic carbocycles. The van der Waals surface area contributed by atoms with Gasteiger partial charge in [-0.25, -0.2) is 8.42 Å². The highest BCUT2D eigenvalue weighted by atomic mass is 35.5. The number of ether oxygens (including phenoxy) is 2. The van der Waals surface area contributed by atoms with Gasteiger partial charge in [0.25, 0.3) is 10.0 Å². The van der Waals surface area contributed by atoms with Crippen LogP contribution in [0.25, 0.3) is 6.08 Å². The molecule has 0 saturated heterocycles. The Morgan fingerprint density at radius 2 is 1.66 bits per heavy atom. The number of halogens is 1. The van der Waals surface area contributed by atoms with E-state index in [1.807, 2.05) is 0 Å². The van der Waals surface area contributed by atoms with Crippen molar-refractivity contribution in [3.8, 4) is 11.5 Å². The Hall–Kier alpha value is -3.49. The summed E-state index contributed by atoms with van der Waals surface area (Å²) < 4.78 is 38.5. The van der Waals surface area contributed by atoms with Gasteiger partial charge < -0.3 is 14.8 Å². The third-order valence-corrected chi connectivity index (χ3v) is 6.26. The number of benzene rings is 3. The van der Waals surface area contributed by atoms with Crippen LogP contribution in [0.15, 0.2) is 77.7 Å². The van der Waals surface area contributed by atoms with Crippen molar-refractivity contribution in [2.45, 2.75) is 4.90 Å². The third kappa shape index (κ3) is 5.22. The maximum absolute atomic E-state index is 12.6. The van der Waals surface area contributed by atoms with Crippen molar-refractivity contribution in [3.63, 3.8) is 0 Å². The van der Waals surface area contributed by atoms with E-state index in [-0.39, 0.29) is 10.8 Å². The van der Waals surface area contributed by atoms with Gasteiger partial charge in [-0.15, -0.1) is 0 Å². The van der Waals surface area contributed by atoms with Crippen molar-refractivity contribution in [1.29, 1.82) is 0 Å². The minimum Gasteiger partial charge on any atom is -0.486 e. The lowest BCUT2D eigenvalue weighted by Crippen LogP contribution is -2.16. The molecule has 2 N–H and O–H groups in total. The predicted octanol–water partition coefficient (Wildman–Crippen LogP) is 4.56. The fourth-order valence-electron chi connectivity index (χ4n) is 2.98. The van der Waals surface area contributed by atoms with Gasteiger partial charge in [-0.2, -0.15) is 0 Å². The molecule has 4 rings (SSSR count). The van der Waals surface area contributed by atoms with Crippen LogP contribution in [-0.2, 0) is 14.8 Å². The highest BCUT2D eigenvalue weighted by Gasteiger charge is 2.15. The highest BCUT2D eigenvalue weighted by Crippen LogP contribution is 2.32. The monoisotopic (exact) mass is 470 g/mol. The summed E-state index contributed by atoms with van der Waals surface area (Å²) in [5, 5.41) is 3.06. The van der Waals surface area contributed by atoms with Gasteiger partial charge in [-0.3, -0.25) is 9.52 Å². The van der Waals surface area contributed by atoms with E-state index in [0.29, 0.717) is 46.7 Å². The number of anilines is 2. The first kappa shape index (κ1) is 21.7. The maximum atomic E-state index is 12.6. The zero-order valence-corrected chi connectivity index (χ0v) is 18.3. The predicted molar refractivity (Wildman–Crippen MR) is 124 cm³/mol.